The van der Waals surface area contributed by atoms with E-state index in [1.54, 1.807) is 0 Å². The van der Waals surface area contributed by atoms with Gasteiger partial charge in [-0.2, -0.15) is 0 Å². The number of carbonyl (C=O) groups is 1. The lowest BCUT2D eigenvalue weighted by molar-refractivity contribution is 0.0937. The van der Waals surface area contributed by atoms with Crippen LogP contribution < -0.4 is 11.1 Å². The molecule has 1 aliphatic rings. The fourth-order valence-electron chi connectivity index (χ4n) is 3.46. The molecule has 1 fully saturated rings. The molecule has 2 aromatic rings. The molecule has 24 heavy (non-hydrogen) atoms. The van der Waals surface area contributed by atoms with Gasteiger partial charge in [0.05, 0.1) is 0 Å². The van der Waals surface area contributed by atoms with Crippen LogP contribution in [0.5, 0.6) is 0 Å². The number of nitrogens with two attached hydrogens (primary N) is 1. The summed E-state index contributed by atoms with van der Waals surface area (Å²) in [5, 5.41) is 5.31. The van der Waals surface area contributed by atoms with E-state index in [2.05, 4.69) is 22.8 Å². The van der Waals surface area contributed by atoms with Gasteiger partial charge in [-0.3, -0.25) is 4.79 Å². The fourth-order valence-corrected chi connectivity index (χ4v) is 4.45. The molecule has 0 spiro atoms. The monoisotopic (exact) mass is 364 g/mol. The largest absolute Gasteiger partial charge is 0.351 e. The number of carbonyl (C=O) groups excluding carboxylic acids is 1. The lowest BCUT2D eigenvalue weighted by Crippen LogP contribution is -2.41. The van der Waals surface area contributed by atoms with Crippen LogP contribution in [0.3, 0.4) is 0 Å². The lowest BCUT2D eigenvalue weighted by atomic mass is 9.73. The molecule has 1 aromatic heterocycles. The predicted octanol–water partition coefficient (Wildman–Crippen LogP) is 4.26. The van der Waals surface area contributed by atoms with Gasteiger partial charge in [-0.05, 0) is 42.0 Å². The predicted molar refractivity (Wildman–Crippen MR) is 103 cm³/mol. The highest BCUT2D eigenvalue weighted by Crippen LogP contribution is 2.41. The molecule has 1 saturated carbocycles. The van der Waals surface area contributed by atoms with E-state index in [1.165, 1.54) is 37.0 Å². The van der Waals surface area contributed by atoms with E-state index in [9.17, 15) is 4.79 Å². The Morgan fingerprint density at radius 3 is 2.42 bits per heavy atom. The first-order valence-electron chi connectivity index (χ1n) is 8.35. The van der Waals surface area contributed by atoms with E-state index in [0.717, 1.165) is 12.1 Å². The second-order valence-corrected chi connectivity index (χ2v) is 7.35. The molecule has 0 unspecified atom stereocenters. The Bertz CT molecular complexity index is 634. The van der Waals surface area contributed by atoms with Crippen LogP contribution in [0.15, 0.2) is 41.8 Å². The maximum atomic E-state index is 12.5. The normalized spacial score (nSPS) is 16.2. The SMILES string of the molecule is Cl.NCc1ccc(C(=O)NCC2(c3cccs3)CCCCC2)cc1. The van der Waals surface area contributed by atoms with Gasteiger partial charge in [-0.25, -0.2) is 0 Å². The van der Waals surface area contributed by atoms with Crippen molar-refractivity contribution in [2.24, 2.45) is 5.73 Å². The van der Waals surface area contributed by atoms with E-state index in [0.29, 0.717) is 12.1 Å². The molecule has 0 bridgehead atoms. The van der Waals surface area contributed by atoms with Gasteiger partial charge in [-0.1, -0.05) is 37.5 Å². The Labute approximate surface area is 154 Å². The molecule has 1 aliphatic carbocycles. The lowest BCUT2D eigenvalue weighted by Gasteiger charge is -2.36. The summed E-state index contributed by atoms with van der Waals surface area (Å²) in [6, 6.07) is 11.9. The van der Waals surface area contributed by atoms with Crippen molar-refractivity contribution in [3.8, 4) is 0 Å². The first kappa shape index (κ1) is 19.0. The van der Waals surface area contributed by atoms with Crippen LogP contribution in [-0.4, -0.2) is 12.5 Å². The van der Waals surface area contributed by atoms with E-state index in [1.807, 2.05) is 35.6 Å². The number of benzene rings is 1. The smallest absolute Gasteiger partial charge is 0.251 e. The molecule has 0 atom stereocenters. The Balaban J connectivity index is 0.00000208. The molecule has 0 aliphatic heterocycles. The summed E-state index contributed by atoms with van der Waals surface area (Å²) >= 11 is 1.82. The van der Waals surface area contributed by atoms with Gasteiger partial charge in [0, 0.05) is 28.9 Å². The van der Waals surface area contributed by atoms with Crippen molar-refractivity contribution in [2.75, 3.05) is 6.54 Å². The van der Waals surface area contributed by atoms with E-state index in [4.69, 9.17) is 5.73 Å². The minimum Gasteiger partial charge on any atom is -0.351 e. The fraction of sp³-hybridized carbons (Fsp3) is 0.421. The minimum absolute atomic E-state index is 0. The molecule has 3 rings (SSSR count). The highest BCUT2D eigenvalue weighted by molar-refractivity contribution is 7.10. The first-order chi connectivity index (χ1) is 11.2. The second kappa shape index (κ2) is 8.65. The Hall–Kier alpha value is -1.36. The van der Waals surface area contributed by atoms with Gasteiger partial charge in [-0.15, -0.1) is 23.7 Å². The van der Waals surface area contributed by atoms with Crippen molar-refractivity contribution in [3.05, 3.63) is 57.8 Å². The molecule has 5 heteroatoms. The van der Waals surface area contributed by atoms with Gasteiger partial charge in [0.25, 0.3) is 5.91 Å². The summed E-state index contributed by atoms with van der Waals surface area (Å²) < 4.78 is 0. The number of halogens is 1. The summed E-state index contributed by atoms with van der Waals surface area (Å²) in [5.41, 5.74) is 7.48. The van der Waals surface area contributed by atoms with Crippen molar-refractivity contribution < 1.29 is 4.79 Å². The Morgan fingerprint density at radius 2 is 1.83 bits per heavy atom. The number of amides is 1. The second-order valence-electron chi connectivity index (χ2n) is 6.40. The van der Waals surface area contributed by atoms with Crippen LogP contribution in [-0.2, 0) is 12.0 Å². The average Bonchev–Trinajstić information content (AvgIpc) is 3.16. The third-order valence-electron chi connectivity index (χ3n) is 4.89. The topological polar surface area (TPSA) is 55.1 Å². The van der Waals surface area contributed by atoms with E-state index < -0.39 is 0 Å². The molecule has 130 valence electrons. The third-order valence-corrected chi connectivity index (χ3v) is 6.01. The molecule has 0 saturated heterocycles. The van der Waals surface area contributed by atoms with Crippen molar-refractivity contribution in [1.82, 2.24) is 5.32 Å². The molecule has 3 N–H and O–H groups in total. The Kier molecular flexibility index (Phi) is 6.84. The molecular formula is C19H25ClN2OS. The maximum Gasteiger partial charge on any atom is 0.251 e. The molecule has 1 amide bonds. The summed E-state index contributed by atoms with van der Waals surface area (Å²) in [5.74, 6) is 0.00933. The molecule has 0 radical (unpaired) electrons. The van der Waals surface area contributed by atoms with E-state index in [-0.39, 0.29) is 23.7 Å². The van der Waals surface area contributed by atoms with Gasteiger partial charge < -0.3 is 11.1 Å². The van der Waals surface area contributed by atoms with Crippen LogP contribution in [0.1, 0.15) is 52.9 Å². The van der Waals surface area contributed by atoms with Gasteiger partial charge in [0.2, 0.25) is 0 Å². The number of nitrogens with one attached hydrogen (secondary N) is 1. The van der Waals surface area contributed by atoms with Gasteiger partial charge in [0.15, 0.2) is 0 Å². The summed E-state index contributed by atoms with van der Waals surface area (Å²) in [6.45, 7) is 1.23. The zero-order valence-electron chi connectivity index (χ0n) is 13.8. The van der Waals surface area contributed by atoms with Gasteiger partial charge >= 0.3 is 0 Å². The Morgan fingerprint density at radius 1 is 1.12 bits per heavy atom. The van der Waals surface area contributed by atoms with Crippen LogP contribution in [0.25, 0.3) is 0 Å². The van der Waals surface area contributed by atoms with Crippen LogP contribution in [0.4, 0.5) is 0 Å². The summed E-state index contributed by atoms with van der Waals surface area (Å²) in [7, 11) is 0. The summed E-state index contributed by atoms with van der Waals surface area (Å²) in [4.78, 5) is 13.9. The van der Waals surface area contributed by atoms with E-state index >= 15 is 0 Å². The summed E-state index contributed by atoms with van der Waals surface area (Å²) in [6.07, 6.45) is 6.14. The van der Waals surface area contributed by atoms with Gasteiger partial charge in [0.1, 0.15) is 0 Å². The zero-order chi connectivity index (χ0) is 16.1. The number of hydrogen-bond donors (Lipinski definition) is 2. The highest BCUT2D eigenvalue weighted by atomic mass is 35.5. The van der Waals surface area contributed by atoms with Crippen molar-refractivity contribution in [2.45, 2.75) is 44.1 Å². The van der Waals surface area contributed by atoms with Crippen LogP contribution in [0.2, 0.25) is 0 Å². The van der Waals surface area contributed by atoms with Crippen LogP contribution >= 0.6 is 23.7 Å². The average molecular weight is 365 g/mol. The third kappa shape index (κ3) is 4.18. The molecule has 3 nitrogen and oxygen atoms in total. The minimum atomic E-state index is 0. The van der Waals surface area contributed by atoms with Crippen molar-refractivity contribution in [3.63, 3.8) is 0 Å². The first-order valence-corrected chi connectivity index (χ1v) is 9.23. The molecular weight excluding hydrogens is 340 g/mol. The maximum absolute atomic E-state index is 12.5. The molecule has 1 aromatic carbocycles. The quantitative estimate of drug-likeness (QED) is 0.832. The highest BCUT2D eigenvalue weighted by Gasteiger charge is 2.35. The van der Waals surface area contributed by atoms with Crippen molar-refractivity contribution >= 4 is 29.7 Å². The number of hydrogen-bond acceptors (Lipinski definition) is 3. The number of thiophene rings is 1. The number of rotatable bonds is 5. The van der Waals surface area contributed by atoms with Crippen LogP contribution in [0, 0.1) is 0 Å². The standard InChI is InChI=1S/C19H24N2OS.ClH/c20-13-15-6-8-16(9-7-15)18(22)21-14-19(10-2-1-3-11-19)17-5-4-12-23-17;/h4-9,12H,1-3,10-11,13-14,20H2,(H,21,22);1H. The zero-order valence-corrected chi connectivity index (χ0v) is 15.4. The van der Waals surface area contributed by atoms with Crippen molar-refractivity contribution in [1.29, 1.82) is 0 Å². The molecule has 1 heterocycles.